The molecule has 0 fully saturated rings. The number of benzene rings is 3. The van der Waals surface area contributed by atoms with E-state index in [1.807, 2.05) is 48.5 Å². The lowest BCUT2D eigenvalue weighted by Crippen LogP contribution is -2.05. The molecule has 5 nitrogen and oxygen atoms in total. The fourth-order valence-electron chi connectivity index (χ4n) is 4.49. The summed E-state index contributed by atoms with van der Waals surface area (Å²) in [4.78, 5) is 14.5. The first-order valence-electron chi connectivity index (χ1n) is 10.7. The number of rotatable bonds is 4. The highest BCUT2D eigenvalue weighted by molar-refractivity contribution is 6.12. The molecule has 0 aliphatic carbocycles. The fraction of sp³-hybridized carbons (Fsp3) is 0.0357. The van der Waals surface area contributed by atoms with E-state index in [2.05, 4.69) is 46.5 Å². The second kappa shape index (κ2) is 7.57. The van der Waals surface area contributed by atoms with Crippen molar-refractivity contribution in [2.24, 2.45) is 0 Å². The first-order chi connectivity index (χ1) is 16.3. The van der Waals surface area contributed by atoms with Crippen LogP contribution >= 0.6 is 0 Å². The Kier molecular flexibility index (Phi) is 4.40. The van der Waals surface area contributed by atoms with Gasteiger partial charge in [-0.3, -0.25) is 4.57 Å². The molecule has 0 aliphatic heterocycles. The zero-order valence-electron chi connectivity index (χ0n) is 18.1. The third-order valence-corrected chi connectivity index (χ3v) is 5.95. The van der Waals surface area contributed by atoms with Gasteiger partial charge in [-0.25, -0.2) is 9.97 Å². The third-order valence-electron chi connectivity index (χ3n) is 5.95. The number of hydrogen-bond donors (Lipinski definition) is 0. The summed E-state index contributed by atoms with van der Waals surface area (Å²) >= 11 is 0. The molecule has 0 saturated carbocycles. The maximum atomic E-state index is 5.88. The highest BCUT2D eigenvalue weighted by Gasteiger charge is 2.21. The lowest BCUT2D eigenvalue weighted by molar-refractivity contribution is 0.417. The second-order valence-electron chi connectivity index (χ2n) is 7.75. The van der Waals surface area contributed by atoms with Crippen LogP contribution in [0.3, 0.4) is 0 Å². The summed E-state index contributed by atoms with van der Waals surface area (Å²) in [5.74, 6) is 1.29. The van der Waals surface area contributed by atoms with Crippen molar-refractivity contribution in [2.75, 3.05) is 7.11 Å². The molecule has 0 bridgehead atoms. The van der Waals surface area contributed by atoms with Crippen molar-refractivity contribution < 1.29 is 4.74 Å². The van der Waals surface area contributed by atoms with Crippen molar-refractivity contribution in [1.29, 1.82) is 0 Å². The predicted octanol–water partition coefficient (Wildman–Crippen LogP) is 6.44. The van der Waals surface area contributed by atoms with Crippen molar-refractivity contribution in [1.82, 2.24) is 19.5 Å². The molecule has 6 aromatic rings. The van der Waals surface area contributed by atoms with Gasteiger partial charge >= 0.3 is 0 Å². The number of nitrogens with zero attached hydrogens (tertiary/aromatic N) is 4. The number of para-hydroxylation sites is 1. The van der Waals surface area contributed by atoms with E-state index >= 15 is 0 Å². The van der Waals surface area contributed by atoms with Crippen molar-refractivity contribution in [3.63, 3.8) is 0 Å². The van der Waals surface area contributed by atoms with Crippen LogP contribution in [-0.4, -0.2) is 26.6 Å². The van der Waals surface area contributed by atoms with Crippen LogP contribution in [0.4, 0.5) is 0 Å². The average molecular weight is 428 g/mol. The number of hydrogen-bond acceptors (Lipinski definition) is 4. The number of aromatic nitrogens is 4. The Morgan fingerprint density at radius 2 is 1.61 bits per heavy atom. The second-order valence-corrected chi connectivity index (χ2v) is 7.75. The highest BCUT2D eigenvalue weighted by Crippen LogP contribution is 2.39. The minimum atomic E-state index is 0.547. The van der Waals surface area contributed by atoms with E-state index in [-0.39, 0.29) is 0 Å². The van der Waals surface area contributed by atoms with Crippen molar-refractivity contribution in [3.8, 4) is 23.0 Å². The largest absolute Gasteiger partial charge is 0.494 e. The monoisotopic (exact) mass is 428 g/mol. The minimum Gasteiger partial charge on any atom is -0.494 e. The van der Waals surface area contributed by atoms with Crippen LogP contribution in [0.1, 0.15) is 5.56 Å². The van der Waals surface area contributed by atoms with E-state index < -0.39 is 0 Å². The van der Waals surface area contributed by atoms with Crippen molar-refractivity contribution in [3.05, 3.63) is 97.2 Å². The Labute approximate surface area is 190 Å². The van der Waals surface area contributed by atoms with Crippen LogP contribution in [0.5, 0.6) is 5.75 Å². The normalized spacial score (nSPS) is 11.3. The van der Waals surface area contributed by atoms with Crippen molar-refractivity contribution >= 4 is 38.9 Å². The Morgan fingerprint density at radius 3 is 2.42 bits per heavy atom. The van der Waals surface area contributed by atoms with Gasteiger partial charge < -0.3 is 4.74 Å². The smallest absolute Gasteiger partial charge is 0.237 e. The Bertz CT molecular complexity index is 1670. The molecule has 3 aromatic carbocycles. The van der Waals surface area contributed by atoms with Gasteiger partial charge in [-0.05, 0) is 18.2 Å². The van der Waals surface area contributed by atoms with Crippen LogP contribution in [-0.2, 0) is 0 Å². The van der Waals surface area contributed by atoms with E-state index in [4.69, 9.17) is 14.7 Å². The number of methoxy groups -OCH3 is 1. The molecule has 0 atom stereocenters. The van der Waals surface area contributed by atoms with Gasteiger partial charge in [0.1, 0.15) is 0 Å². The summed E-state index contributed by atoms with van der Waals surface area (Å²) in [5, 5.41) is 3.08. The molecule has 3 heterocycles. The molecule has 5 heteroatoms. The summed E-state index contributed by atoms with van der Waals surface area (Å²) in [5.41, 5.74) is 5.32. The summed E-state index contributed by atoms with van der Waals surface area (Å²) in [6.45, 7) is 3.97. The molecular formula is C28H20N4O. The van der Waals surface area contributed by atoms with Gasteiger partial charge in [0.25, 0.3) is 0 Å². The molecule has 0 unspecified atom stereocenters. The maximum Gasteiger partial charge on any atom is 0.237 e. The molecule has 0 amide bonds. The van der Waals surface area contributed by atoms with E-state index in [1.54, 1.807) is 19.4 Å². The molecule has 0 aliphatic rings. The lowest BCUT2D eigenvalue weighted by Gasteiger charge is -2.13. The SMILES string of the molecule is C=Cc1ccc2c3ccccc3n(-c3nc(-c4ccccc4)c4cccnc4n3)c2c1OC. The summed E-state index contributed by atoms with van der Waals surface area (Å²) in [7, 11) is 1.68. The van der Waals surface area contributed by atoms with Gasteiger partial charge in [0.2, 0.25) is 5.95 Å². The van der Waals surface area contributed by atoms with E-state index in [0.717, 1.165) is 49.8 Å². The molecular weight excluding hydrogens is 408 g/mol. The van der Waals surface area contributed by atoms with Crippen LogP contribution in [0.2, 0.25) is 0 Å². The Balaban J connectivity index is 1.79. The van der Waals surface area contributed by atoms with Gasteiger partial charge in [0.05, 0.1) is 23.8 Å². The first kappa shape index (κ1) is 19.2. The molecule has 0 spiro atoms. The first-order valence-corrected chi connectivity index (χ1v) is 10.7. The molecule has 158 valence electrons. The predicted molar refractivity (Wildman–Crippen MR) is 134 cm³/mol. The van der Waals surface area contributed by atoms with Crippen LogP contribution < -0.4 is 4.74 Å². The lowest BCUT2D eigenvalue weighted by atomic mass is 10.1. The van der Waals surface area contributed by atoms with Gasteiger partial charge in [0, 0.05) is 33.5 Å². The van der Waals surface area contributed by atoms with Crippen LogP contribution in [0.25, 0.3) is 56.1 Å². The fourth-order valence-corrected chi connectivity index (χ4v) is 4.49. The van der Waals surface area contributed by atoms with E-state index in [0.29, 0.717) is 11.6 Å². The molecule has 3 aromatic heterocycles. The number of fused-ring (bicyclic) bond motifs is 4. The molecule has 0 N–H and O–H groups in total. The Morgan fingerprint density at radius 1 is 0.818 bits per heavy atom. The quantitative estimate of drug-likeness (QED) is 0.324. The van der Waals surface area contributed by atoms with Gasteiger partial charge in [-0.1, -0.05) is 73.3 Å². The summed E-state index contributed by atoms with van der Waals surface area (Å²) < 4.78 is 7.95. The Hall–Kier alpha value is -4.51. The summed E-state index contributed by atoms with van der Waals surface area (Å²) in [6, 6.07) is 26.5. The molecule has 0 radical (unpaired) electrons. The molecule has 6 rings (SSSR count). The third kappa shape index (κ3) is 2.90. The molecule has 33 heavy (non-hydrogen) atoms. The number of pyridine rings is 1. The number of ether oxygens (including phenoxy) is 1. The van der Waals surface area contributed by atoms with E-state index in [9.17, 15) is 0 Å². The van der Waals surface area contributed by atoms with Crippen LogP contribution in [0.15, 0.2) is 91.6 Å². The minimum absolute atomic E-state index is 0.547. The molecule has 0 saturated heterocycles. The summed E-state index contributed by atoms with van der Waals surface area (Å²) in [6.07, 6.45) is 3.56. The van der Waals surface area contributed by atoms with Gasteiger partial charge in [-0.2, -0.15) is 4.98 Å². The highest BCUT2D eigenvalue weighted by atomic mass is 16.5. The van der Waals surface area contributed by atoms with Gasteiger partial charge in [-0.15, -0.1) is 0 Å². The standard InChI is InChI=1S/C28H20N4O/c1-3-18-15-16-21-20-12-7-8-14-23(20)32(25(21)26(18)33-2)28-30-24(19-10-5-4-6-11-19)22-13-9-17-29-27(22)31-28/h3-17H,1H2,2H3. The van der Waals surface area contributed by atoms with Gasteiger partial charge in [0.15, 0.2) is 11.4 Å². The maximum absolute atomic E-state index is 5.88. The topological polar surface area (TPSA) is 52.8 Å². The van der Waals surface area contributed by atoms with E-state index in [1.165, 1.54) is 0 Å². The van der Waals surface area contributed by atoms with Crippen molar-refractivity contribution in [2.45, 2.75) is 0 Å². The van der Waals surface area contributed by atoms with Crippen LogP contribution in [0, 0.1) is 0 Å². The zero-order valence-corrected chi connectivity index (χ0v) is 18.1. The average Bonchev–Trinajstić information content (AvgIpc) is 3.22. The zero-order chi connectivity index (χ0) is 22.4.